The van der Waals surface area contributed by atoms with Gasteiger partial charge in [-0.3, -0.25) is 4.79 Å². The number of carbonyl (C=O) groups excluding carboxylic acids is 1. The van der Waals surface area contributed by atoms with Gasteiger partial charge < -0.3 is 0 Å². The Bertz CT molecular complexity index is 499. The smallest absolute Gasteiger partial charge is 0.214 e. The van der Waals surface area contributed by atoms with Crippen LogP contribution in [0, 0.1) is 0 Å². The molecule has 3 nitrogen and oxygen atoms in total. The van der Waals surface area contributed by atoms with Crippen molar-refractivity contribution in [2.45, 2.75) is 0 Å². The first-order chi connectivity index (χ1) is 7.18. The molecule has 0 aliphatic carbocycles. The van der Waals surface area contributed by atoms with Gasteiger partial charge in [0.15, 0.2) is 0 Å². The Hall–Kier alpha value is -0.970. The fourth-order valence-electron chi connectivity index (χ4n) is 1.05. The van der Waals surface area contributed by atoms with Gasteiger partial charge in [0.25, 0.3) is 0 Å². The highest BCUT2D eigenvalue weighted by Gasteiger charge is 2.12. The molecule has 0 amide bonds. The summed E-state index contributed by atoms with van der Waals surface area (Å²) in [5.74, 6) is -0.206. The Morgan fingerprint density at radius 2 is 2.07 bits per heavy atom. The van der Waals surface area contributed by atoms with E-state index in [0.29, 0.717) is 21.3 Å². The fourth-order valence-corrected chi connectivity index (χ4v) is 1.76. The molecule has 15 heavy (non-hydrogen) atoms. The molecule has 0 aliphatic rings. The van der Waals surface area contributed by atoms with Crippen LogP contribution in [0.25, 0.3) is 0 Å². The number of benzene rings is 1. The maximum atomic E-state index is 11.8. The summed E-state index contributed by atoms with van der Waals surface area (Å²) >= 11 is 12.5. The second kappa shape index (κ2) is 4.26. The maximum absolute atomic E-state index is 11.8. The van der Waals surface area contributed by atoms with Gasteiger partial charge in [0.1, 0.15) is 5.69 Å². The number of hydrogen-bond donors (Lipinski definition) is 0. The minimum Gasteiger partial charge on any atom is -0.287 e. The molecule has 0 unspecified atom stereocenters. The van der Waals surface area contributed by atoms with Gasteiger partial charge in [-0.05, 0) is 18.2 Å². The maximum Gasteiger partial charge on any atom is 0.214 e. The molecule has 0 spiro atoms. The lowest BCUT2D eigenvalue weighted by Gasteiger charge is -1.99. The Morgan fingerprint density at radius 1 is 1.27 bits per heavy atom. The van der Waals surface area contributed by atoms with Crippen LogP contribution in [0.3, 0.4) is 0 Å². The zero-order valence-corrected chi connectivity index (χ0v) is 9.60. The monoisotopic (exact) mass is 258 g/mol. The molecule has 0 fully saturated rings. The second-order valence-electron chi connectivity index (χ2n) is 2.75. The summed E-state index contributed by atoms with van der Waals surface area (Å²) in [6.45, 7) is 0. The average molecular weight is 259 g/mol. The molecule has 2 aromatic rings. The summed E-state index contributed by atoms with van der Waals surface area (Å²) in [6, 6.07) is 4.71. The molecule has 2 rings (SSSR count). The number of rotatable bonds is 2. The largest absolute Gasteiger partial charge is 0.287 e. The molecular formula is C9H4Cl2N2OS. The molecule has 0 saturated carbocycles. The summed E-state index contributed by atoms with van der Waals surface area (Å²) in [6.07, 6.45) is 1.43. The highest BCUT2D eigenvalue weighted by atomic mass is 35.5. The SMILES string of the molecule is O=C(c1ccc(Cl)c(Cl)c1)c1cnsn1. The van der Waals surface area contributed by atoms with Gasteiger partial charge in [0.2, 0.25) is 5.78 Å². The predicted molar refractivity (Wildman–Crippen MR) is 59.8 cm³/mol. The van der Waals surface area contributed by atoms with Crippen LogP contribution in [0.2, 0.25) is 10.0 Å². The molecule has 0 atom stereocenters. The Morgan fingerprint density at radius 3 is 2.67 bits per heavy atom. The van der Waals surface area contributed by atoms with Crippen molar-refractivity contribution < 1.29 is 4.79 Å². The van der Waals surface area contributed by atoms with Crippen LogP contribution in [0.4, 0.5) is 0 Å². The van der Waals surface area contributed by atoms with E-state index in [-0.39, 0.29) is 5.78 Å². The zero-order valence-electron chi connectivity index (χ0n) is 7.28. The first-order valence-electron chi connectivity index (χ1n) is 3.96. The van der Waals surface area contributed by atoms with Crippen LogP contribution < -0.4 is 0 Å². The van der Waals surface area contributed by atoms with E-state index in [2.05, 4.69) is 8.75 Å². The predicted octanol–water partition coefficient (Wildman–Crippen LogP) is 3.08. The summed E-state index contributed by atoms with van der Waals surface area (Å²) in [7, 11) is 0. The van der Waals surface area contributed by atoms with Crippen molar-refractivity contribution in [1.82, 2.24) is 8.75 Å². The topological polar surface area (TPSA) is 42.9 Å². The first-order valence-corrected chi connectivity index (χ1v) is 5.44. The standard InChI is InChI=1S/C9H4Cl2N2OS/c10-6-2-1-5(3-7(6)11)9(14)8-4-12-15-13-8/h1-4H. The molecule has 0 bridgehead atoms. The summed E-state index contributed by atoms with van der Waals surface area (Å²) in [5.41, 5.74) is 0.774. The van der Waals surface area contributed by atoms with E-state index in [1.54, 1.807) is 12.1 Å². The number of ketones is 1. The van der Waals surface area contributed by atoms with Crippen LogP contribution in [0.1, 0.15) is 16.1 Å². The number of nitrogens with zero attached hydrogens (tertiary/aromatic N) is 2. The van der Waals surface area contributed by atoms with E-state index in [0.717, 1.165) is 11.7 Å². The highest BCUT2D eigenvalue weighted by molar-refractivity contribution is 6.99. The minimum atomic E-state index is -0.206. The van der Waals surface area contributed by atoms with Gasteiger partial charge in [-0.25, -0.2) is 0 Å². The van der Waals surface area contributed by atoms with Crippen molar-refractivity contribution in [1.29, 1.82) is 0 Å². The van der Waals surface area contributed by atoms with E-state index in [9.17, 15) is 4.79 Å². The van der Waals surface area contributed by atoms with Gasteiger partial charge in [-0.1, -0.05) is 23.2 Å². The van der Waals surface area contributed by atoms with Crippen LogP contribution in [0.5, 0.6) is 0 Å². The summed E-state index contributed by atoms with van der Waals surface area (Å²) < 4.78 is 7.61. The molecule has 76 valence electrons. The molecule has 1 aromatic heterocycles. The van der Waals surface area contributed by atoms with E-state index < -0.39 is 0 Å². The van der Waals surface area contributed by atoms with Crippen molar-refractivity contribution >= 4 is 40.7 Å². The van der Waals surface area contributed by atoms with Crippen LogP contribution in [-0.2, 0) is 0 Å². The van der Waals surface area contributed by atoms with Crippen molar-refractivity contribution in [3.8, 4) is 0 Å². The van der Waals surface area contributed by atoms with Gasteiger partial charge in [-0.2, -0.15) is 8.75 Å². The molecule has 0 radical (unpaired) electrons. The number of aromatic nitrogens is 2. The van der Waals surface area contributed by atoms with Crippen LogP contribution in [0.15, 0.2) is 24.4 Å². The Kier molecular flexibility index (Phi) is 3.00. The zero-order chi connectivity index (χ0) is 10.8. The Labute approximate surface area is 100.0 Å². The molecule has 6 heteroatoms. The third-order valence-electron chi connectivity index (χ3n) is 1.78. The molecule has 1 heterocycles. The van der Waals surface area contributed by atoms with E-state index >= 15 is 0 Å². The summed E-state index contributed by atoms with van der Waals surface area (Å²) in [5, 5.41) is 0.773. The average Bonchev–Trinajstić information content (AvgIpc) is 2.74. The van der Waals surface area contributed by atoms with Gasteiger partial charge in [0.05, 0.1) is 28.0 Å². The number of hydrogen-bond acceptors (Lipinski definition) is 4. The minimum absolute atomic E-state index is 0.206. The van der Waals surface area contributed by atoms with Gasteiger partial charge >= 0.3 is 0 Å². The molecule has 0 N–H and O–H groups in total. The fraction of sp³-hybridized carbons (Fsp3) is 0. The van der Waals surface area contributed by atoms with Gasteiger partial charge in [-0.15, -0.1) is 0 Å². The lowest BCUT2D eigenvalue weighted by Crippen LogP contribution is -2.01. The van der Waals surface area contributed by atoms with Crippen molar-refractivity contribution in [3.05, 3.63) is 45.7 Å². The van der Waals surface area contributed by atoms with Crippen LogP contribution >= 0.6 is 34.9 Å². The van der Waals surface area contributed by atoms with E-state index in [1.807, 2.05) is 0 Å². The third-order valence-corrected chi connectivity index (χ3v) is 2.99. The highest BCUT2D eigenvalue weighted by Crippen LogP contribution is 2.23. The van der Waals surface area contributed by atoms with Gasteiger partial charge in [0, 0.05) is 5.56 Å². The quantitative estimate of drug-likeness (QED) is 0.778. The molecule has 0 aliphatic heterocycles. The van der Waals surface area contributed by atoms with E-state index in [1.165, 1.54) is 12.3 Å². The normalized spacial score (nSPS) is 10.3. The molecular weight excluding hydrogens is 255 g/mol. The number of carbonyl (C=O) groups is 1. The molecule has 0 saturated heterocycles. The van der Waals surface area contributed by atoms with Crippen molar-refractivity contribution in [2.75, 3.05) is 0 Å². The van der Waals surface area contributed by atoms with Crippen molar-refractivity contribution in [3.63, 3.8) is 0 Å². The second-order valence-corrected chi connectivity index (χ2v) is 4.12. The van der Waals surface area contributed by atoms with Crippen LogP contribution in [-0.4, -0.2) is 14.5 Å². The lowest BCUT2D eigenvalue weighted by atomic mass is 10.1. The summed E-state index contributed by atoms with van der Waals surface area (Å²) in [4.78, 5) is 11.8. The Balaban J connectivity index is 2.39. The lowest BCUT2D eigenvalue weighted by molar-refractivity contribution is 0.103. The molecule has 1 aromatic carbocycles. The third kappa shape index (κ3) is 2.17. The first kappa shape index (κ1) is 10.5. The van der Waals surface area contributed by atoms with Crippen molar-refractivity contribution in [2.24, 2.45) is 0 Å². The number of halogens is 2. The van der Waals surface area contributed by atoms with E-state index in [4.69, 9.17) is 23.2 Å².